The lowest BCUT2D eigenvalue weighted by Gasteiger charge is -2.44. The molecular weight excluding hydrogens is 388 g/mol. The van der Waals surface area contributed by atoms with E-state index in [9.17, 15) is 8.76 Å². The molecule has 0 spiro atoms. The average Bonchev–Trinajstić information content (AvgIpc) is 3.18. The molecule has 1 unspecified atom stereocenters. The molecule has 4 rings (SSSR count). The van der Waals surface area contributed by atoms with Gasteiger partial charge in [-0.1, -0.05) is 35.5 Å². The number of aromatic nitrogens is 3. The number of benzene rings is 2. The van der Waals surface area contributed by atoms with Gasteiger partial charge in [0.2, 0.25) is 0 Å². The van der Waals surface area contributed by atoms with Crippen LogP contribution in [0, 0.1) is 0 Å². The normalized spacial score (nSPS) is 15.8. The third-order valence-electron chi connectivity index (χ3n) is 5.14. The quantitative estimate of drug-likeness (QED) is 0.565. The number of likely N-dealkylation sites (tertiary alicyclic amines) is 1. The molecule has 1 aliphatic heterocycles. The monoisotopic (exact) mass is 411 g/mol. The van der Waals surface area contributed by atoms with Gasteiger partial charge in [-0.25, -0.2) is 9.40 Å². The molecule has 0 amide bonds. The minimum absolute atomic E-state index is 0.297. The Bertz CT molecular complexity index is 974. The number of hydrogen-bond donors (Lipinski definition) is 1. The lowest BCUT2D eigenvalue weighted by molar-refractivity contribution is 0.137. The highest BCUT2D eigenvalue weighted by atomic mass is 32.2. The molecule has 1 N–H and O–H groups in total. The molecule has 0 radical (unpaired) electrons. The van der Waals surface area contributed by atoms with Crippen LogP contribution in [0.3, 0.4) is 0 Å². The summed E-state index contributed by atoms with van der Waals surface area (Å²) in [6, 6.07) is 18.3. The van der Waals surface area contributed by atoms with E-state index in [-0.39, 0.29) is 0 Å². The molecule has 1 fully saturated rings. The summed E-state index contributed by atoms with van der Waals surface area (Å²) in [5.74, 6) is 0. The maximum atomic E-state index is 10.7. The molecule has 3 aromatic rings. The topological polar surface area (TPSA) is 89.4 Å². The summed E-state index contributed by atoms with van der Waals surface area (Å²) in [5, 5.41) is 8.51. The second-order valence-corrected chi connectivity index (χ2v) is 7.93. The molecule has 2 heterocycles. The largest absolute Gasteiger partial charge is 0.760 e. The van der Waals surface area contributed by atoms with E-state index in [1.54, 1.807) is 4.68 Å². The van der Waals surface area contributed by atoms with Crippen LogP contribution < -0.4 is 9.62 Å². The van der Waals surface area contributed by atoms with E-state index in [2.05, 4.69) is 31.9 Å². The van der Waals surface area contributed by atoms with E-state index in [1.165, 1.54) is 0 Å². The average molecular weight is 412 g/mol. The molecule has 29 heavy (non-hydrogen) atoms. The van der Waals surface area contributed by atoms with Crippen LogP contribution in [0.15, 0.2) is 60.8 Å². The summed E-state index contributed by atoms with van der Waals surface area (Å²) >= 11 is -2.25. The molecule has 9 heteroatoms. The maximum Gasteiger partial charge on any atom is 0.0971 e. The van der Waals surface area contributed by atoms with Gasteiger partial charge in [0.1, 0.15) is 0 Å². The van der Waals surface area contributed by atoms with Crippen molar-refractivity contribution in [2.75, 3.05) is 25.0 Å². The molecule has 2 aromatic carbocycles. The molecule has 8 nitrogen and oxygen atoms in total. The van der Waals surface area contributed by atoms with Crippen LogP contribution in [-0.2, 0) is 24.4 Å². The van der Waals surface area contributed by atoms with Crippen LogP contribution in [0.4, 0.5) is 5.69 Å². The van der Waals surface area contributed by atoms with Crippen molar-refractivity contribution in [3.05, 3.63) is 72.1 Å². The van der Waals surface area contributed by atoms with E-state index in [0.29, 0.717) is 12.6 Å². The van der Waals surface area contributed by atoms with Crippen LogP contribution in [-0.4, -0.2) is 54.8 Å². The van der Waals surface area contributed by atoms with Gasteiger partial charge in [-0.15, -0.1) is 5.10 Å². The first-order valence-corrected chi connectivity index (χ1v) is 10.5. The van der Waals surface area contributed by atoms with Crippen LogP contribution in [0.2, 0.25) is 0 Å². The van der Waals surface area contributed by atoms with E-state index in [1.807, 2.05) is 60.8 Å². The van der Waals surface area contributed by atoms with Gasteiger partial charge in [-0.3, -0.25) is 9.11 Å². The van der Waals surface area contributed by atoms with Crippen LogP contribution >= 0.6 is 0 Å². The predicted molar refractivity (Wildman–Crippen MR) is 111 cm³/mol. The van der Waals surface area contributed by atoms with Gasteiger partial charge in [0.25, 0.3) is 0 Å². The highest BCUT2D eigenvalue weighted by molar-refractivity contribution is 7.77. The number of hydrogen-bond acceptors (Lipinski definition) is 6. The second kappa shape index (κ2) is 8.83. The molecule has 0 bridgehead atoms. The lowest BCUT2D eigenvalue weighted by Crippen LogP contribution is -2.58. The van der Waals surface area contributed by atoms with Crippen molar-refractivity contribution in [2.45, 2.75) is 19.1 Å². The zero-order valence-corrected chi connectivity index (χ0v) is 17.0. The fraction of sp³-hybridized carbons (Fsp3) is 0.300. The molecule has 1 saturated heterocycles. The zero-order chi connectivity index (χ0) is 20.2. The Morgan fingerprint density at radius 3 is 2.76 bits per heavy atom. The molecule has 1 aromatic heterocycles. The molecule has 152 valence electrons. The van der Waals surface area contributed by atoms with Gasteiger partial charge in [-0.2, -0.15) is 0 Å². The SMILES string of the molecule is CN(c1cccc(CNS(=O)[O-])c1)C1CN(Cc2cn(-c3ccccc3)nn2)C1. The Kier molecular flexibility index (Phi) is 6.00. The fourth-order valence-electron chi connectivity index (χ4n) is 3.46. The maximum absolute atomic E-state index is 10.7. The van der Waals surface area contributed by atoms with Gasteiger partial charge in [0, 0.05) is 50.2 Å². The minimum atomic E-state index is -2.25. The van der Waals surface area contributed by atoms with Crippen LogP contribution in [0.1, 0.15) is 11.3 Å². The summed E-state index contributed by atoms with van der Waals surface area (Å²) < 4.78 is 25.6. The summed E-state index contributed by atoms with van der Waals surface area (Å²) in [4.78, 5) is 4.58. The van der Waals surface area contributed by atoms with Crippen molar-refractivity contribution in [1.82, 2.24) is 24.6 Å². The molecule has 0 saturated carbocycles. The summed E-state index contributed by atoms with van der Waals surface area (Å²) in [6.07, 6.45) is 1.98. The lowest BCUT2D eigenvalue weighted by atomic mass is 10.1. The standard InChI is InChI=1S/C20H24N6O2S/c1-24(19-9-5-6-16(10-19)11-21-29(27)28)20-14-25(15-20)12-17-13-26(23-22-17)18-7-3-2-4-8-18/h2-10,13,20-21H,11-12,14-15H2,1H3,(H,27,28)/p-1. The van der Waals surface area contributed by atoms with E-state index >= 15 is 0 Å². The second-order valence-electron chi connectivity index (χ2n) is 7.17. The van der Waals surface area contributed by atoms with Crippen molar-refractivity contribution >= 4 is 17.0 Å². The molecule has 1 aliphatic rings. The Balaban J connectivity index is 1.30. The van der Waals surface area contributed by atoms with Crippen LogP contribution in [0.25, 0.3) is 5.69 Å². The Morgan fingerprint density at radius 2 is 2.00 bits per heavy atom. The first kappa shape index (κ1) is 19.7. The molecule has 0 aliphatic carbocycles. The van der Waals surface area contributed by atoms with E-state index < -0.39 is 11.3 Å². The van der Waals surface area contributed by atoms with Gasteiger partial charge >= 0.3 is 0 Å². The van der Waals surface area contributed by atoms with Crippen molar-refractivity contribution < 1.29 is 8.76 Å². The minimum Gasteiger partial charge on any atom is -0.760 e. The van der Waals surface area contributed by atoms with Crippen LogP contribution in [0.5, 0.6) is 0 Å². The Hall–Kier alpha value is -2.59. The number of para-hydroxylation sites is 1. The fourth-order valence-corrected chi connectivity index (χ4v) is 3.75. The first-order valence-electron chi connectivity index (χ1n) is 9.42. The van der Waals surface area contributed by atoms with E-state index in [4.69, 9.17) is 0 Å². The molecule has 1 atom stereocenters. The summed E-state index contributed by atoms with van der Waals surface area (Å²) in [7, 11) is 2.08. The van der Waals surface area contributed by atoms with Crippen molar-refractivity contribution in [2.24, 2.45) is 0 Å². The summed E-state index contributed by atoms with van der Waals surface area (Å²) in [6.45, 7) is 2.96. The van der Waals surface area contributed by atoms with Gasteiger partial charge < -0.3 is 9.45 Å². The third-order valence-corrected chi connectivity index (χ3v) is 5.52. The number of nitrogens with zero attached hydrogens (tertiary/aromatic N) is 5. The van der Waals surface area contributed by atoms with Crippen molar-refractivity contribution in [1.29, 1.82) is 0 Å². The number of nitrogens with one attached hydrogen (secondary N) is 1. The number of anilines is 1. The highest BCUT2D eigenvalue weighted by Crippen LogP contribution is 2.23. The molecular formula is C20H23N6O2S-. The first-order chi connectivity index (χ1) is 14.1. The van der Waals surface area contributed by atoms with Crippen molar-refractivity contribution in [3.63, 3.8) is 0 Å². The highest BCUT2D eigenvalue weighted by Gasteiger charge is 2.30. The number of likely N-dealkylation sites (N-methyl/N-ethyl adjacent to an activating group) is 1. The zero-order valence-electron chi connectivity index (χ0n) is 16.1. The van der Waals surface area contributed by atoms with Crippen molar-refractivity contribution in [3.8, 4) is 5.69 Å². The smallest absolute Gasteiger partial charge is 0.0971 e. The van der Waals surface area contributed by atoms with Gasteiger partial charge in [0.05, 0.1) is 23.6 Å². The van der Waals surface area contributed by atoms with Gasteiger partial charge in [0.15, 0.2) is 0 Å². The van der Waals surface area contributed by atoms with Gasteiger partial charge in [-0.05, 0) is 29.8 Å². The summed E-state index contributed by atoms with van der Waals surface area (Å²) in [5.41, 5.74) is 3.98. The predicted octanol–water partition coefficient (Wildman–Crippen LogP) is 1.47. The third kappa shape index (κ3) is 4.88. The van der Waals surface area contributed by atoms with E-state index in [0.717, 1.165) is 42.3 Å². The number of rotatable bonds is 8. The Labute approximate surface area is 172 Å². The Morgan fingerprint density at radius 1 is 1.21 bits per heavy atom.